The van der Waals surface area contributed by atoms with Crippen LogP contribution in [0.15, 0.2) is 51.1 Å². The quantitative estimate of drug-likeness (QED) is 0.282. The Morgan fingerprint density at radius 1 is 0.611 bits per heavy atom. The Morgan fingerprint density at radius 2 is 1.17 bits per heavy atom. The zero-order valence-corrected chi connectivity index (χ0v) is 18.1. The van der Waals surface area contributed by atoms with E-state index in [0.717, 1.165) is 38.0 Å². The van der Waals surface area contributed by atoms with E-state index in [9.17, 15) is 0 Å². The van der Waals surface area contributed by atoms with E-state index in [-0.39, 0.29) is 0 Å². The van der Waals surface area contributed by atoms with E-state index in [1.807, 2.05) is 18.2 Å². The summed E-state index contributed by atoms with van der Waals surface area (Å²) in [6, 6.07) is 8.10. The van der Waals surface area contributed by atoms with Gasteiger partial charge >= 0.3 is 0 Å². The van der Waals surface area contributed by atoms with Gasteiger partial charge in [0.1, 0.15) is 0 Å². The first kappa shape index (κ1) is 15.7. The van der Waals surface area contributed by atoms with Crippen LogP contribution in [-0.4, -0.2) is 0 Å². The summed E-state index contributed by atoms with van der Waals surface area (Å²) in [6.07, 6.45) is 0. The highest BCUT2D eigenvalue weighted by atomic mass is 79.9. The molecule has 0 saturated heterocycles. The molecule has 0 aliphatic rings. The third kappa shape index (κ3) is 3.14. The van der Waals surface area contributed by atoms with Gasteiger partial charge in [-0.1, -0.05) is 31.9 Å². The molecule has 0 unspecified atom stereocenters. The molecule has 0 radical (unpaired) electrons. The summed E-state index contributed by atoms with van der Waals surface area (Å²) in [5, 5.41) is 0. The van der Waals surface area contributed by atoms with Crippen molar-refractivity contribution in [2.45, 2.75) is 0 Å². The molecule has 2 rings (SSSR count). The molecule has 0 aromatic heterocycles. The van der Waals surface area contributed by atoms with Gasteiger partial charge in [-0.2, -0.15) is 0 Å². The molecular weight excluding hydrogens is 624 g/mol. The lowest BCUT2D eigenvalue weighted by molar-refractivity contribution is 1.46. The number of hydrogen-bond acceptors (Lipinski definition) is 0. The van der Waals surface area contributed by atoms with Crippen molar-refractivity contribution in [2.24, 2.45) is 0 Å². The minimum atomic E-state index is 0.999. The van der Waals surface area contributed by atoms with Gasteiger partial charge in [-0.25, -0.2) is 0 Å². The Bertz CT molecular complexity index is 594. The largest absolute Gasteiger partial charge is 0.0508 e. The van der Waals surface area contributed by atoms with E-state index in [2.05, 4.69) is 102 Å². The zero-order chi connectivity index (χ0) is 13.4. The SMILES string of the molecule is Brc1ccc(Br)c(-c2c(Br)c(Br)cc(Br)c2Br)c1. The van der Waals surface area contributed by atoms with Crippen molar-refractivity contribution in [3.63, 3.8) is 0 Å². The predicted octanol–water partition coefficient (Wildman–Crippen LogP) is 7.93. The Labute approximate surface area is 156 Å². The van der Waals surface area contributed by atoms with E-state index in [4.69, 9.17) is 0 Å². The normalized spacial score (nSPS) is 10.8. The van der Waals surface area contributed by atoms with Gasteiger partial charge in [0.2, 0.25) is 0 Å². The van der Waals surface area contributed by atoms with Crippen LogP contribution in [0.5, 0.6) is 0 Å². The molecule has 0 amide bonds. The third-order valence-electron chi connectivity index (χ3n) is 2.31. The number of benzene rings is 2. The molecule has 6 heteroatoms. The van der Waals surface area contributed by atoms with Crippen LogP contribution >= 0.6 is 95.6 Å². The van der Waals surface area contributed by atoms with E-state index in [0.29, 0.717) is 0 Å². The second-order valence-electron chi connectivity index (χ2n) is 3.47. The highest BCUT2D eigenvalue weighted by Gasteiger charge is 2.16. The zero-order valence-electron chi connectivity index (χ0n) is 8.58. The third-order valence-corrected chi connectivity index (χ3v) is 7.46. The van der Waals surface area contributed by atoms with E-state index in [1.165, 1.54) is 0 Å². The van der Waals surface area contributed by atoms with Gasteiger partial charge in [0.05, 0.1) is 0 Å². The average molecular weight is 628 g/mol. The molecule has 0 atom stereocenters. The van der Waals surface area contributed by atoms with Crippen molar-refractivity contribution in [3.8, 4) is 11.1 Å². The molecule has 0 heterocycles. The Hall–Kier alpha value is 1.32. The molecule has 0 bridgehead atoms. The van der Waals surface area contributed by atoms with Crippen LogP contribution in [0.1, 0.15) is 0 Å². The van der Waals surface area contributed by atoms with Crippen molar-refractivity contribution in [1.29, 1.82) is 0 Å². The maximum absolute atomic E-state index is 3.63. The fourth-order valence-corrected chi connectivity index (χ4v) is 4.78. The van der Waals surface area contributed by atoms with Gasteiger partial charge in [0.25, 0.3) is 0 Å². The Balaban J connectivity index is 2.82. The second-order valence-corrected chi connectivity index (χ2v) is 8.53. The van der Waals surface area contributed by atoms with Crippen LogP contribution < -0.4 is 0 Å². The number of rotatable bonds is 1. The second kappa shape index (κ2) is 6.39. The van der Waals surface area contributed by atoms with Crippen molar-refractivity contribution in [1.82, 2.24) is 0 Å². The summed E-state index contributed by atoms with van der Waals surface area (Å²) < 4.78 is 6.10. The average Bonchev–Trinajstić information content (AvgIpc) is 2.31. The molecule has 2 aromatic rings. The number of hydrogen-bond donors (Lipinski definition) is 0. The van der Waals surface area contributed by atoms with Crippen LogP contribution in [0.3, 0.4) is 0 Å². The van der Waals surface area contributed by atoms with Gasteiger partial charge in [-0.15, -0.1) is 0 Å². The van der Waals surface area contributed by atoms with Crippen LogP contribution in [0.25, 0.3) is 11.1 Å². The molecule has 0 fully saturated rings. The molecule has 0 aliphatic carbocycles. The van der Waals surface area contributed by atoms with Crippen molar-refractivity contribution in [3.05, 3.63) is 51.1 Å². The first-order valence-electron chi connectivity index (χ1n) is 4.70. The lowest BCUT2D eigenvalue weighted by Crippen LogP contribution is -1.87. The topological polar surface area (TPSA) is 0 Å². The minimum Gasteiger partial charge on any atom is -0.0508 e. The fourth-order valence-electron chi connectivity index (χ4n) is 1.50. The first-order chi connectivity index (χ1) is 8.41. The van der Waals surface area contributed by atoms with Crippen LogP contribution in [0, 0.1) is 0 Å². The first-order valence-corrected chi connectivity index (χ1v) is 9.46. The van der Waals surface area contributed by atoms with Crippen molar-refractivity contribution >= 4 is 95.6 Å². The monoisotopic (exact) mass is 622 g/mol. The maximum Gasteiger partial charge on any atom is 0.0408 e. The van der Waals surface area contributed by atoms with Crippen LogP contribution in [0.4, 0.5) is 0 Å². The summed E-state index contributed by atoms with van der Waals surface area (Å²) in [4.78, 5) is 0. The van der Waals surface area contributed by atoms with Gasteiger partial charge < -0.3 is 0 Å². The highest BCUT2D eigenvalue weighted by molar-refractivity contribution is 9.14. The van der Waals surface area contributed by atoms with Gasteiger partial charge in [0, 0.05) is 32.4 Å². The summed E-state index contributed by atoms with van der Waals surface area (Å²) in [5.74, 6) is 0. The molecule has 0 aliphatic heterocycles. The smallest absolute Gasteiger partial charge is 0.0408 e. The molecule has 0 spiro atoms. The van der Waals surface area contributed by atoms with Gasteiger partial charge in [0.15, 0.2) is 0 Å². The lowest BCUT2D eigenvalue weighted by atomic mass is 10.1. The Kier molecular flexibility index (Phi) is 5.58. The predicted molar refractivity (Wildman–Crippen MR) is 98.1 cm³/mol. The number of halogens is 6. The van der Waals surface area contributed by atoms with E-state index < -0.39 is 0 Å². The van der Waals surface area contributed by atoms with Gasteiger partial charge in [-0.3, -0.25) is 0 Å². The standard InChI is InChI=1S/C12H4Br6/c13-5-1-2-7(14)6(3-5)10-11(17)8(15)4-9(16)12(10)18/h1-4H. The molecule has 0 N–H and O–H groups in total. The molecule has 2 aromatic carbocycles. The highest BCUT2D eigenvalue weighted by Crippen LogP contribution is 2.46. The van der Waals surface area contributed by atoms with Gasteiger partial charge in [-0.05, 0) is 93.5 Å². The van der Waals surface area contributed by atoms with E-state index >= 15 is 0 Å². The molecular formula is C12H4Br6. The molecule has 18 heavy (non-hydrogen) atoms. The Morgan fingerprint density at radius 3 is 1.72 bits per heavy atom. The fraction of sp³-hybridized carbons (Fsp3) is 0. The molecule has 94 valence electrons. The summed E-state index contributed by atoms with van der Waals surface area (Å²) in [6.45, 7) is 0. The lowest BCUT2D eigenvalue weighted by Gasteiger charge is -2.13. The maximum atomic E-state index is 3.63. The molecule has 0 nitrogen and oxygen atoms in total. The minimum absolute atomic E-state index is 0.999. The van der Waals surface area contributed by atoms with Crippen LogP contribution in [0.2, 0.25) is 0 Å². The summed E-state index contributed by atoms with van der Waals surface area (Å²) >= 11 is 21.4. The van der Waals surface area contributed by atoms with E-state index in [1.54, 1.807) is 0 Å². The van der Waals surface area contributed by atoms with Crippen molar-refractivity contribution in [2.75, 3.05) is 0 Å². The molecule has 0 saturated carbocycles. The summed E-state index contributed by atoms with van der Waals surface area (Å²) in [5.41, 5.74) is 2.19. The van der Waals surface area contributed by atoms with Crippen LogP contribution in [-0.2, 0) is 0 Å². The summed E-state index contributed by atoms with van der Waals surface area (Å²) in [7, 11) is 0. The van der Waals surface area contributed by atoms with Crippen molar-refractivity contribution < 1.29 is 0 Å².